The monoisotopic (exact) mass is 207 g/mol. The lowest BCUT2D eigenvalue weighted by molar-refractivity contribution is -0.148. The highest BCUT2D eigenvalue weighted by Crippen LogP contribution is 2.24. The summed E-state index contributed by atoms with van der Waals surface area (Å²) in [5, 5.41) is 0. The number of rotatable bonds is 1. The largest absolute Gasteiger partial charge is 0.468 e. The van der Waals surface area contributed by atoms with E-state index in [9.17, 15) is 9.59 Å². The standard InChI is InChI=1S/C8H13NO3.ClH/c1-12-7(11)8(9)4-2-6(10)3-5-8;/h2-5,9H2,1H3;1H. The Morgan fingerprint density at radius 3 is 2.31 bits per heavy atom. The van der Waals surface area contributed by atoms with Gasteiger partial charge >= 0.3 is 5.97 Å². The first-order valence-corrected chi connectivity index (χ1v) is 3.97. The molecule has 0 aromatic heterocycles. The Kier molecular flexibility index (Phi) is 4.36. The SMILES string of the molecule is COC(=O)C1(N)CCC(=O)CC1.Cl. The summed E-state index contributed by atoms with van der Waals surface area (Å²) in [7, 11) is 1.31. The molecule has 13 heavy (non-hydrogen) atoms. The van der Waals surface area contributed by atoms with Gasteiger partial charge in [0.2, 0.25) is 0 Å². The van der Waals surface area contributed by atoms with Crippen molar-refractivity contribution in [1.82, 2.24) is 0 Å². The summed E-state index contributed by atoms with van der Waals surface area (Å²) >= 11 is 0. The number of esters is 1. The van der Waals surface area contributed by atoms with Gasteiger partial charge in [-0.25, -0.2) is 0 Å². The van der Waals surface area contributed by atoms with E-state index in [1.54, 1.807) is 0 Å². The molecule has 0 unspecified atom stereocenters. The van der Waals surface area contributed by atoms with Crippen molar-refractivity contribution >= 4 is 24.2 Å². The molecule has 76 valence electrons. The minimum Gasteiger partial charge on any atom is -0.468 e. The van der Waals surface area contributed by atoms with Crippen LogP contribution in [0.5, 0.6) is 0 Å². The average Bonchev–Trinajstić information content (AvgIpc) is 2.09. The number of halogens is 1. The van der Waals surface area contributed by atoms with E-state index in [4.69, 9.17) is 5.73 Å². The molecule has 0 aromatic carbocycles. The van der Waals surface area contributed by atoms with E-state index in [0.717, 1.165) is 0 Å². The Morgan fingerprint density at radius 1 is 1.46 bits per heavy atom. The van der Waals surface area contributed by atoms with Crippen LogP contribution in [0.1, 0.15) is 25.7 Å². The van der Waals surface area contributed by atoms with Gasteiger partial charge in [-0.2, -0.15) is 0 Å². The van der Waals surface area contributed by atoms with E-state index in [2.05, 4.69) is 4.74 Å². The number of hydrogen-bond donors (Lipinski definition) is 1. The first kappa shape index (κ1) is 12.4. The number of nitrogens with two attached hydrogens (primary N) is 1. The van der Waals surface area contributed by atoms with Gasteiger partial charge in [0.1, 0.15) is 11.3 Å². The molecule has 0 aromatic rings. The van der Waals surface area contributed by atoms with Gasteiger partial charge in [-0.15, -0.1) is 12.4 Å². The maximum atomic E-state index is 11.1. The number of carbonyl (C=O) groups is 2. The molecule has 5 heteroatoms. The lowest BCUT2D eigenvalue weighted by Gasteiger charge is -2.29. The summed E-state index contributed by atoms with van der Waals surface area (Å²) in [6.07, 6.45) is 1.62. The maximum absolute atomic E-state index is 11.1. The zero-order valence-electron chi connectivity index (χ0n) is 7.54. The molecule has 0 saturated heterocycles. The molecule has 0 radical (unpaired) electrons. The van der Waals surface area contributed by atoms with Crippen molar-refractivity contribution in [3.05, 3.63) is 0 Å². The molecule has 2 N–H and O–H groups in total. The molecule has 0 spiro atoms. The van der Waals surface area contributed by atoms with Crippen LogP contribution in [0.2, 0.25) is 0 Å². The molecule has 1 aliphatic carbocycles. The molecule has 1 aliphatic rings. The van der Waals surface area contributed by atoms with Crippen molar-refractivity contribution < 1.29 is 14.3 Å². The number of ether oxygens (including phenoxy) is 1. The zero-order chi connectivity index (χ0) is 9.19. The van der Waals surface area contributed by atoms with Crippen molar-refractivity contribution in [2.45, 2.75) is 31.2 Å². The highest BCUT2D eigenvalue weighted by molar-refractivity contribution is 5.86. The fourth-order valence-corrected chi connectivity index (χ4v) is 1.38. The van der Waals surface area contributed by atoms with Crippen LogP contribution < -0.4 is 5.73 Å². The van der Waals surface area contributed by atoms with Crippen LogP contribution in [0, 0.1) is 0 Å². The minimum atomic E-state index is -0.914. The number of methoxy groups -OCH3 is 1. The third kappa shape index (κ3) is 2.67. The number of carbonyl (C=O) groups excluding carboxylic acids is 2. The molecule has 0 heterocycles. The molecule has 1 fully saturated rings. The van der Waals surface area contributed by atoms with Gasteiger partial charge in [0, 0.05) is 12.8 Å². The first-order chi connectivity index (χ1) is 5.58. The van der Waals surface area contributed by atoms with Gasteiger partial charge in [0.15, 0.2) is 0 Å². The second-order valence-corrected chi connectivity index (χ2v) is 3.19. The predicted molar refractivity (Wildman–Crippen MR) is 49.7 cm³/mol. The summed E-state index contributed by atoms with van der Waals surface area (Å²) < 4.78 is 4.55. The highest BCUT2D eigenvalue weighted by Gasteiger charge is 2.38. The van der Waals surface area contributed by atoms with Crippen molar-refractivity contribution in [3.63, 3.8) is 0 Å². The molecule has 0 bridgehead atoms. The van der Waals surface area contributed by atoms with Crippen molar-refractivity contribution in [2.75, 3.05) is 7.11 Å². The quantitative estimate of drug-likeness (QED) is 0.633. The first-order valence-electron chi connectivity index (χ1n) is 3.97. The fourth-order valence-electron chi connectivity index (χ4n) is 1.38. The van der Waals surface area contributed by atoms with E-state index >= 15 is 0 Å². The Labute approximate surface area is 83.2 Å². The average molecular weight is 208 g/mol. The van der Waals surface area contributed by atoms with Gasteiger partial charge in [-0.05, 0) is 12.8 Å². The van der Waals surface area contributed by atoms with Gasteiger partial charge in [0.05, 0.1) is 7.11 Å². The summed E-state index contributed by atoms with van der Waals surface area (Å²) in [5.74, 6) is -0.227. The second-order valence-electron chi connectivity index (χ2n) is 3.19. The smallest absolute Gasteiger partial charge is 0.325 e. The Balaban J connectivity index is 0.00000144. The minimum absolute atomic E-state index is 0. The third-order valence-electron chi connectivity index (χ3n) is 2.29. The topological polar surface area (TPSA) is 69.4 Å². The summed E-state index contributed by atoms with van der Waals surface area (Å²) in [6, 6.07) is 0. The van der Waals surface area contributed by atoms with Crippen molar-refractivity contribution in [3.8, 4) is 0 Å². The van der Waals surface area contributed by atoms with Crippen molar-refractivity contribution in [2.24, 2.45) is 5.73 Å². The molecule has 0 amide bonds. The second kappa shape index (κ2) is 4.58. The molecular weight excluding hydrogens is 194 g/mol. The Bertz CT molecular complexity index is 207. The van der Waals surface area contributed by atoms with Gasteiger partial charge in [-0.1, -0.05) is 0 Å². The van der Waals surface area contributed by atoms with Gasteiger partial charge in [0.25, 0.3) is 0 Å². The molecule has 0 atom stereocenters. The Morgan fingerprint density at radius 2 is 1.92 bits per heavy atom. The normalized spacial score (nSPS) is 20.3. The van der Waals surface area contributed by atoms with E-state index in [-0.39, 0.29) is 18.2 Å². The van der Waals surface area contributed by atoms with Crippen LogP contribution >= 0.6 is 12.4 Å². The highest BCUT2D eigenvalue weighted by atomic mass is 35.5. The number of ketones is 1. The molecular formula is C8H14ClNO3. The number of hydrogen-bond acceptors (Lipinski definition) is 4. The zero-order valence-corrected chi connectivity index (χ0v) is 8.36. The fraction of sp³-hybridized carbons (Fsp3) is 0.750. The third-order valence-corrected chi connectivity index (χ3v) is 2.29. The van der Waals surface area contributed by atoms with Crippen LogP contribution in [-0.2, 0) is 14.3 Å². The van der Waals surface area contributed by atoms with Crippen LogP contribution in [0.3, 0.4) is 0 Å². The van der Waals surface area contributed by atoms with Crippen LogP contribution in [0.4, 0.5) is 0 Å². The molecule has 4 nitrogen and oxygen atoms in total. The molecule has 1 saturated carbocycles. The van der Waals surface area contributed by atoms with Crippen LogP contribution in [0.15, 0.2) is 0 Å². The van der Waals surface area contributed by atoms with Crippen LogP contribution in [0.25, 0.3) is 0 Å². The van der Waals surface area contributed by atoms with E-state index in [1.807, 2.05) is 0 Å². The van der Waals surface area contributed by atoms with E-state index in [1.165, 1.54) is 7.11 Å². The van der Waals surface area contributed by atoms with E-state index < -0.39 is 11.5 Å². The van der Waals surface area contributed by atoms with Crippen molar-refractivity contribution in [1.29, 1.82) is 0 Å². The lowest BCUT2D eigenvalue weighted by atomic mass is 9.82. The van der Waals surface area contributed by atoms with Gasteiger partial charge in [-0.3, -0.25) is 9.59 Å². The summed E-state index contributed by atoms with van der Waals surface area (Å²) in [6.45, 7) is 0. The van der Waals surface area contributed by atoms with Crippen LogP contribution in [-0.4, -0.2) is 24.4 Å². The summed E-state index contributed by atoms with van der Waals surface area (Å²) in [5.41, 5.74) is 4.83. The predicted octanol–water partition coefficient (Wildman–Crippen LogP) is 0.422. The maximum Gasteiger partial charge on any atom is 0.325 e. The molecule has 0 aliphatic heterocycles. The lowest BCUT2D eigenvalue weighted by Crippen LogP contribution is -2.51. The summed E-state index contributed by atoms with van der Waals surface area (Å²) in [4.78, 5) is 22.0. The number of Topliss-reactive ketones (excluding diaryl/α,β-unsaturated/α-hetero) is 1. The van der Waals surface area contributed by atoms with E-state index in [0.29, 0.717) is 25.7 Å². The Hall–Kier alpha value is -0.610. The molecule has 1 rings (SSSR count). The van der Waals surface area contributed by atoms with Gasteiger partial charge < -0.3 is 10.5 Å².